The summed E-state index contributed by atoms with van der Waals surface area (Å²) in [7, 11) is 3.45. The summed E-state index contributed by atoms with van der Waals surface area (Å²) < 4.78 is 0. The van der Waals surface area contributed by atoms with Crippen LogP contribution in [0.15, 0.2) is 30.3 Å². The standard InChI is InChI=1S/C12H18N2OS/c1-14(2)12(15)11(13)9-16-8-10-6-4-3-5-7-10/h3-7,11H,8-9,13H2,1-2H3/t11-/m0/s1. The Morgan fingerprint density at radius 1 is 1.38 bits per heavy atom. The number of hydrogen-bond donors (Lipinski definition) is 1. The Labute approximate surface area is 101 Å². The molecule has 0 aliphatic carbocycles. The molecule has 1 amide bonds. The third-order valence-corrected chi connectivity index (χ3v) is 3.30. The lowest BCUT2D eigenvalue weighted by Gasteiger charge is -2.16. The van der Waals surface area contributed by atoms with Crippen LogP contribution in [-0.2, 0) is 10.5 Å². The number of carbonyl (C=O) groups excluding carboxylic acids is 1. The number of amides is 1. The molecule has 0 unspecified atom stereocenters. The van der Waals surface area contributed by atoms with Crippen LogP contribution in [0.2, 0.25) is 0 Å². The molecule has 1 atom stereocenters. The molecule has 2 N–H and O–H groups in total. The number of carbonyl (C=O) groups is 1. The largest absolute Gasteiger partial charge is 0.347 e. The molecule has 0 radical (unpaired) electrons. The molecule has 1 rings (SSSR count). The fourth-order valence-corrected chi connectivity index (χ4v) is 2.22. The number of hydrogen-bond acceptors (Lipinski definition) is 3. The van der Waals surface area contributed by atoms with Crippen molar-refractivity contribution in [2.24, 2.45) is 5.73 Å². The molecule has 0 aromatic heterocycles. The van der Waals surface area contributed by atoms with Gasteiger partial charge in [-0.2, -0.15) is 11.8 Å². The molecule has 3 nitrogen and oxygen atoms in total. The van der Waals surface area contributed by atoms with E-state index >= 15 is 0 Å². The first-order valence-electron chi connectivity index (χ1n) is 5.19. The SMILES string of the molecule is CN(C)C(=O)[C@@H](N)CSCc1ccccc1. The van der Waals surface area contributed by atoms with Gasteiger partial charge in [0.25, 0.3) is 0 Å². The van der Waals surface area contributed by atoms with Crippen molar-refractivity contribution < 1.29 is 4.79 Å². The summed E-state index contributed by atoms with van der Waals surface area (Å²) in [5.74, 6) is 1.54. The Bertz CT molecular complexity index is 327. The first kappa shape index (κ1) is 13.1. The molecule has 0 aliphatic heterocycles. The van der Waals surface area contributed by atoms with E-state index in [0.29, 0.717) is 5.75 Å². The van der Waals surface area contributed by atoms with Crippen LogP contribution in [0.4, 0.5) is 0 Å². The molecule has 0 spiro atoms. The summed E-state index contributed by atoms with van der Waals surface area (Å²) in [4.78, 5) is 13.0. The second kappa shape index (κ2) is 6.55. The summed E-state index contributed by atoms with van der Waals surface area (Å²) in [6, 6.07) is 9.78. The minimum Gasteiger partial charge on any atom is -0.347 e. The van der Waals surface area contributed by atoms with E-state index in [1.807, 2.05) is 18.2 Å². The Morgan fingerprint density at radius 3 is 2.56 bits per heavy atom. The van der Waals surface area contributed by atoms with Crippen molar-refractivity contribution in [1.29, 1.82) is 0 Å². The first-order chi connectivity index (χ1) is 7.61. The van der Waals surface area contributed by atoms with Crippen LogP contribution in [0.25, 0.3) is 0 Å². The zero-order valence-electron chi connectivity index (χ0n) is 9.72. The molecule has 88 valence electrons. The summed E-state index contributed by atoms with van der Waals surface area (Å²) in [5, 5.41) is 0. The zero-order chi connectivity index (χ0) is 12.0. The Hall–Kier alpha value is -1.00. The summed E-state index contributed by atoms with van der Waals surface area (Å²) in [6.07, 6.45) is 0. The van der Waals surface area contributed by atoms with Crippen molar-refractivity contribution in [2.75, 3.05) is 19.8 Å². The molecule has 0 saturated carbocycles. The Kier molecular flexibility index (Phi) is 5.35. The van der Waals surface area contributed by atoms with E-state index in [-0.39, 0.29) is 5.91 Å². The van der Waals surface area contributed by atoms with E-state index < -0.39 is 6.04 Å². The lowest BCUT2D eigenvalue weighted by Crippen LogP contribution is -2.41. The second-order valence-electron chi connectivity index (χ2n) is 3.84. The van der Waals surface area contributed by atoms with Gasteiger partial charge in [0.2, 0.25) is 5.91 Å². The predicted molar refractivity (Wildman–Crippen MR) is 69.3 cm³/mol. The van der Waals surface area contributed by atoms with Gasteiger partial charge in [0, 0.05) is 25.6 Å². The molecule has 0 bridgehead atoms. The third kappa shape index (κ3) is 4.24. The van der Waals surface area contributed by atoms with Crippen molar-refractivity contribution >= 4 is 17.7 Å². The molecule has 0 heterocycles. The smallest absolute Gasteiger partial charge is 0.239 e. The van der Waals surface area contributed by atoms with Gasteiger partial charge in [0.1, 0.15) is 0 Å². The number of likely N-dealkylation sites (N-methyl/N-ethyl adjacent to an activating group) is 1. The second-order valence-corrected chi connectivity index (χ2v) is 4.87. The number of nitrogens with zero attached hydrogens (tertiary/aromatic N) is 1. The Balaban J connectivity index is 2.28. The van der Waals surface area contributed by atoms with Crippen LogP contribution < -0.4 is 5.73 Å². The molecular formula is C12H18N2OS. The summed E-state index contributed by atoms with van der Waals surface area (Å²) >= 11 is 1.69. The Morgan fingerprint density at radius 2 is 2.00 bits per heavy atom. The summed E-state index contributed by atoms with van der Waals surface area (Å²) in [5.41, 5.74) is 7.03. The van der Waals surface area contributed by atoms with Gasteiger partial charge in [-0.1, -0.05) is 30.3 Å². The zero-order valence-corrected chi connectivity index (χ0v) is 10.5. The van der Waals surface area contributed by atoms with Gasteiger partial charge in [0.15, 0.2) is 0 Å². The summed E-state index contributed by atoms with van der Waals surface area (Å²) in [6.45, 7) is 0. The van der Waals surface area contributed by atoms with Crippen molar-refractivity contribution in [3.8, 4) is 0 Å². The van der Waals surface area contributed by atoms with E-state index in [0.717, 1.165) is 5.75 Å². The van der Waals surface area contributed by atoms with Gasteiger partial charge < -0.3 is 10.6 Å². The highest BCUT2D eigenvalue weighted by atomic mass is 32.2. The van der Waals surface area contributed by atoms with Gasteiger partial charge >= 0.3 is 0 Å². The maximum absolute atomic E-state index is 11.5. The highest BCUT2D eigenvalue weighted by molar-refractivity contribution is 7.98. The number of nitrogens with two attached hydrogens (primary N) is 1. The van der Waals surface area contributed by atoms with Crippen LogP contribution >= 0.6 is 11.8 Å². The number of thioether (sulfide) groups is 1. The number of rotatable bonds is 5. The highest BCUT2D eigenvalue weighted by Crippen LogP contribution is 2.12. The molecule has 0 saturated heterocycles. The van der Waals surface area contributed by atoms with Gasteiger partial charge in [-0.3, -0.25) is 4.79 Å². The topological polar surface area (TPSA) is 46.3 Å². The van der Waals surface area contributed by atoms with E-state index in [2.05, 4.69) is 12.1 Å². The third-order valence-electron chi connectivity index (χ3n) is 2.17. The molecule has 4 heteroatoms. The van der Waals surface area contributed by atoms with Crippen LogP contribution in [0.3, 0.4) is 0 Å². The van der Waals surface area contributed by atoms with Crippen molar-refractivity contribution in [2.45, 2.75) is 11.8 Å². The maximum Gasteiger partial charge on any atom is 0.239 e. The van der Waals surface area contributed by atoms with Crippen LogP contribution in [0, 0.1) is 0 Å². The predicted octanol–water partition coefficient (Wildman–Crippen LogP) is 1.34. The molecule has 0 aliphatic rings. The fourth-order valence-electron chi connectivity index (χ4n) is 1.28. The van der Waals surface area contributed by atoms with E-state index in [1.54, 1.807) is 25.9 Å². The van der Waals surface area contributed by atoms with Crippen LogP contribution in [-0.4, -0.2) is 36.7 Å². The van der Waals surface area contributed by atoms with Crippen molar-refractivity contribution in [3.63, 3.8) is 0 Å². The van der Waals surface area contributed by atoms with Gasteiger partial charge in [-0.05, 0) is 5.56 Å². The molecule has 1 aromatic rings. The lowest BCUT2D eigenvalue weighted by molar-refractivity contribution is -0.129. The van der Waals surface area contributed by atoms with E-state index in [9.17, 15) is 4.79 Å². The quantitative estimate of drug-likeness (QED) is 0.842. The monoisotopic (exact) mass is 238 g/mol. The molecular weight excluding hydrogens is 220 g/mol. The highest BCUT2D eigenvalue weighted by Gasteiger charge is 2.14. The average molecular weight is 238 g/mol. The molecule has 0 fully saturated rings. The van der Waals surface area contributed by atoms with Gasteiger partial charge in [-0.15, -0.1) is 0 Å². The van der Waals surface area contributed by atoms with Crippen molar-refractivity contribution in [1.82, 2.24) is 4.90 Å². The van der Waals surface area contributed by atoms with Gasteiger partial charge in [0.05, 0.1) is 6.04 Å². The van der Waals surface area contributed by atoms with Crippen LogP contribution in [0.5, 0.6) is 0 Å². The number of benzene rings is 1. The van der Waals surface area contributed by atoms with E-state index in [1.165, 1.54) is 10.5 Å². The fraction of sp³-hybridized carbons (Fsp3) is 0.417. The lowest BCUT2D eigenvalue weighted by atomic mass is 10.2. The average Bonchev–Trinajstić information content (AvgIpc) is 2.29. The van der Waals surface area contributed by atoms with Crippen molar-refractivity contribution in [3.05, 3.63) is 35.9 Å². The van der Waals surface area contributed by atoms with Gasteiger partial charge in [-0.25, -0.2) is 0 Å². The normalized spacial score (nSPS) is 12.2. The molecule has 1 aromatic carbocycles. The van der Waals surface area contributed by atoms with Crippen LogP contribution in [0.1, 0.15) is 5.56 Å². The first-order valence-corrected chi connectivity index (χ1v) is 6.35. The van der Waals surface area contributed by atoms with E-state index in [4.69, 9.17) is 5.73 Å². The maximum atomic E-state index is 11.5. The minimum absolute atomic E-state index is 0.0134. The molecule has 16 heavy (non-hydrogen) atoms. The minimum atomic E-state index is -0.399.